The van der Waals surface area contributed by atoms with Crippen molar-refractivity contribution in [1.82, 2.24) is 15.1 Å². The fraction of sp³-hybridized carbons (Fsp3) is 0.667. The van der Waals surface area contributed by atoms with E-state index >= 15 is 0 Å². The summed E-state index contributed by atoms with van der Waals surface area (Å²) in [4.78, 5) is 30.2. The van der Waals surface area contributed by atoms with Crippen LogP contribution in [0.4, 0.5) is 27.6 Å². The number of piperazine rings is 1. The molecule has 1 N–H and O–H groups in total. The van der Waals surface area contributed by atoms with Crippen molar-refractivity contribution in [2.45, 2.75) is 72.9 Å². The lowest BCUT2D eigenvalue weighted by Crippen LogP contribution is -2.53. The highest BCUT2D eigenvalue weighted by Crippen LogP contribution is 2.58. The zero-order valence-electron chi connectivity index (χ0n) is 23.2. The summed E-state index contributed by atoms with van der Waals surface area (Å²) in [6.07, 6.45) is -5.34. The summed E-state index contributed by atoms with van der Waals surface area (Å²) >= 11 is 0. The van der Waals surface area contributed by atoms with E-state index in [1.54, 1.807) is 4.90 Å². The lowest BCUT2D eigenvalue weighted by atomic mass is 9.97. The summed E-state index contributed by atoms with van der Waals surface area (Å²) in [5.74, 6) is -5.47. The van der Waals surface area contributed by atoms with Crippen LogP contribution >= 0.6 is 0 Å². The Labute approximate surface area is 240 Å². The molecular weight excluding hydrogens is 585 g/mol. The largest absolute Gasteiger partial charge is 0.417 e. The fourth-order valence-corrected chi connectivity index (χ4v) is 7.76. The van der Waals surface area contributed by atoms with Crippen LogP contribution in [-0.2, 0) is 25.6 Å². The number of halogens is 5. The SMILES string of the molecule is CN1CCN(c2ccc(S(=O)(=O)[C@@H]3C[C@@H](C(=O)NC4(C#N)CC4)N(C(=O)C4(C(C)(F)F)CC4)C3)c(C(F)(F)F)c2)CC1. The summed E-state index contributed by atoms with van der Waals surface area (Å²) < 4.78 is 99.4. The van der Waals surface area contributed by atoms with Crippen LogP contribution in [0.3, 0.4) is 0 Å². The fourth-order valence-electron chi connectivity index (χ4n) is 5.87. The van der Waals surface area contributed by atoms with Crippen LogP contribution in [0.25, 0.3) is 0 Å². The number of likely N-dealkylation sites (N-methyl/N-ethyl adjacent to an activating group) is 1. The first-order chi connectivity index (χ1) is 19.4. The molecule has 15 heteroatoms. The molecule has 5 rings (SSSR count). The van der Waals surface area contributed by atoms with Crippen LogP contribution in [0.15, 0.2) is 23.1 Å². The van der Waals surface area contributed by atoms with E-state index in [1.807, 2.05) is 18.0 Å². The second kappa shape index (κ2) is 10.0. The number of alkyl halides is 5. The number of sulfone groups is 1. The predicted octanol–water partition coefficient (Wildman–Crippen LogP) is 2.81. The van der Waals surface area contributed by atoms with Gasteiger partial charge in [-0.15, -0.1) is 0 Å². The quantitative estimate of drug-likeness (QED) is 0.469. The van der Waals surface area contributed by atoms with Crippen LogP contribution in [0.2, 0.25) is 0 Å². The zero-order chi connectivity index (χ0) is 30.9. The molecule has 2 aliphatic carbocycles. The van der Waals surface area contributed by atoms with Crippen molar-refractivity contribution in [3.63, 3.8) is 0 Å². The van der Waals surface area contributed by atoms with Gasteiger partial charge in [-0.05, 0) is 57.4 Å². The molecule has 9 nitrogen and oxygen atoms in total. The molecule has 1 aromatic carbocycles. The van der Waals surface area contributed by atoms with Gasteiger partial charge < -0.3 is 20.0 Å². The van der Waals surface area contributed by atoms with Gasteiger partial charge in [0.25, 0.3) is 5.92 Å². The number of carbonyl (C=O) groups excluding carboxylic acids is 2. The Morgan fingerprint density at radius 2 is 1.67 bits per heavy atom. The molecule has 2 heterocycles. The molecule has 42 heavy (non-hydrogen) atoms. The van der Waals surface area contributed by atoms with Gasteiger partial charge >= 0.3 is 6.18 Å². The van der Waals surface area contributed by atoms with Gasteiger partial charge in [0.05, 0.1) is 21.8 Å². The van der Waals surface area contributed by atoms with E-state index in [9.17, 15) is 45.2 Å². The lowest BCUT2D eigenvalue weighted by Gasteiger charge is -2.34. The van der Waals surface area contributed by atoms with Crippen molar-refractivity contribution >= 4 is 27.3 Å². The Morgan fingerprint density at radius 1 is 1.05 bits per heavy atom. The number of carbonyl (C=O) groups is 2. The Morgan fingerprint density at radius 3 is 2.17 bits per heavy atom. The molecule has 2 saturated carbocycles. The number of hydrogen-bond donors (Lipinski definition) is 1. The average molecular weight is 618 g/mol. The molecule has 0 unspecified atom stereocenters. The van der Waals surface area contributed by atoms with Gasteiger partial charge in [-0.25, -0.2) is 17.2 Å². The molecule has 2 atom stereocenters. The van der Waals surface area contributed by atoms with Crippen molar-refractivity contribution in [3.05, 3.63) is 23.8 Å². The molecule has 2 amide bonds. The molecule has 2 saturated heterocycles. The topological polar surface area (TPSA) is 114 Å². The lowest BCUT2D eigenvalue weighted by molar-refractivity contribution is -0.156. The van der Waals surface area contributed by atoms with Crippen LogP contribution < -0.4 is 10.2 Å². The number of benzene rings is 1. The number of likely N-dealkylation sites (tertiary alicyclic amines) is 1. The second-order valence-electron chi connectivity index (χ2n) is 12.0. The minimum Gasteiger partial charge on any atom is -0.369 e. The number of nitrogens with one attached hydrogen (secondary N) is 1. The van der Waals surface area contributed by atoms with Gasteiger partial charge in [0.1, 0.15) is 17.0 Å². The molecule has 0 spiro atoms. The number of amides is 2. The maximum absolute atomic E-state index is 14.5. The number of anilines is 1. The van der Waals surface area contributed by atoms with Gasteiger partial charge in [-0.3, -0.25) is 9.59 Å². The highest BCUT2D eigenvalue weighted by Gasteiger charge is 2.67. The molecule has 4 aliphatic rings. The predicted molar refractivity (Wildman–Crippen MR) is 140 cm³/mol. The van der Waals surface area contributed by atoms with E-state index in [-0.39, 0.29) is 18.5 Å². The molecule has 0 radical (unpaired) electrons. The van der Waals surface area contributed by atoms with E-state index in [2.05, 4.69) is 5.32 Å². The van der Waals surface area contributed by atoms with E-state index in [1.165, 1.54) is 6.07 Å². The Bertz CT molecular complexity index is 1420. The second-order valence-corrected chi connectivity index (χ2v) is 14.2. The summed E-state index contributed by atoms with van der Waals surface area (Å²) in [7, 11) is -2.93. The minimum atomic E-state index is -5.04. The Hall–Kier alpha value is -2.99. The van der Waals surface area contributed by atoms with E-state index in [4.69, 9.17) is 0 Å². The Balaban J connectivity index is 1.48. The standard InChI is InChI=1S/C27H32F5N5O4S/c1-24(28,29)26(7-8-26)23(39)37-15-18(14-20(37)22(38)34-25(16-33)5-6-25)42(40,41)21-4-3-17(13-19(21)27(30,31)32)36-11-9-35(2)10-12-36/h3-4,13,18,20H,5-12,14-15H2,1-2H3,(H,34,38)/t18-,20+/m1/s1. The van der Waals surface area contributed by atoms with Crippen molar-refractivity contribution < 1.29 is 40.0 Å². The number of hydrogen-bond acceptors (Lipinski definition) is 7. The van der Waals surface area contributed by atoms with Crippen LogP contribution in [0, 0.1) is 16.7 Å². The monoisotopic (exact) mass is 617 g/mol. The average Bonchev–Trinajstić information content (AvgIpc) is 3.84. The van der Waals surface area contributed by atoms with Gasteiger partial charge in [0.15, 0.2) is 9.84 Å². The first-order valence-corrected chi connectivity index (χ1v) is 15.3. The molecule has 230 valence electrons. The molecule has 1 aromatic rings. The zero-order valence-corrected chi connectivity index (χ0v) is 24.0. The first-order valence-electron chi connectivity index (χ1n) is 13.7. The summed E-state index contributed by atoms with van der Waals surface area (Å²) in [6.45, 7) is 1.97. The van der Waals surface area contributed by atoms with Crippen molar-refractivity contribution in [2.24, 2.45) is 5.41 Å². The molecular formula is C27H32F5N5O4S. The van der Waals surface area contributed by atoms with Gasteiger partial charge in [0.2, 0.25) is 11.8 Å². The van der Waals surface area contributed by atoms with E-state index < -0.39 is 79.4 Å². The van der Waals surface area contributed by atoms with Gasteiger partial charge in [-0.1, -0.05) is 0 Å². The third kappa shape index (κ3) is 5.32. The minimum absolute atomic E-state index is 0.175. The van der Waals surface area contributed by atoms with Crippen molar-refractivity contribution in [2.75, 3.05) is 44.7 Å². The number of nitrogens with zero attached hydrogens (tertiary/aromatic N) is 4. The normalized spacial score (nSPS) is 25.6. The molecule has 4 fully saturated rings. The highest BCUT2D eigenvalue weighted by atomic mass is 32.2. The van der Waals surface area contributed by atoms with Gasteiger partial charge in [-0.2, -0.15) is 18.4 Å². The summed E-state index contributed by atoms with van der Waals surface area (Å²) in [5, 5.41) is 10.2. The highest BCUT2D eigenvalue weighted by molar-refractivity contribution is 7.92. The smallest absolute Gasteiger partial charge is 0.369 e. The third-order valence-electron chi connectivity index (χ3n) is 9.03. The summed E-state index contributed by atoms with van der Waals surface area (Å²) in [5.41, 5.74) is -4.47. The molecule has 2 aliphatic heterocycles. The van der Waals surface area contributed by atoms with E-state index in [0.717, 1.165) is 17.0 Å². The van der Waals surface area contributed by atoms with E-state index in [0.29, 0.717) is 45.9 Å². The maximum Gasteiger partial charge on any atom is 0.417 e. The Kier molecular flexibility index (Phi) is 7.28. The molecule has 0 aromatic heterocycles. The number of nitriles is 1. The number of rotatable bonds is 7. The first kappa shape index (κ1) is 30.5. The van der Waals surface area contributed by atoms with Crippen LogP contribution in [0.1, 0.15) is 44.6 Å². The third-order valence-corrected chi connectivity index (χ3v) is 11.2. The van der Waals surface area contributed by atoms with Crippen molar-refractivity contribution in [1.29, 1.82) is 5.26 Å². The molecule has 0 bridgehead atoms. The summed E-state index contributed by atoms with van der Waals surface area (Å²) in [6, 6.07) is 3.38. The van der Waals surface area contributed by atoms with Gasteiger partial charge in [0, 0.05) is 45.3 Å². The van der Waals surface area contributed by atoms with Crippen LogP contribution in [0.5, 0.6) is 0 Å². The van der Waals surface area contributed by atoms with Crippen molar-refractivity contribution in [3.8, 4) is 6.07 Å². The van der Waals surface area contributed by atoms with Crippen LogP contribution in [-0.4, -0.2) is 92.6 Å². The maximum atomic E-state index is 14.5.